The topological polar surface area (TPSA) is 72.6 Å². The lowest BCUT2D eigenvalue weighted by molar-refractivity contribution is -0.538. The lowest BCUT2D eigenvalue weighted by atomic mass is 9.87. The highest BCUT2D eigenvalue weighted by Gasteiger charge is 2.40. The maximum atomic E-state index is 11.0. The Morgan fingerprint density at radius 3 is 2.78 bits per heavy atom. The van der Waals surface area contributed by atoms with Gasteiger partial charge in [0.1, 0.15) is 6.61 Å². The first-order valence-corrected chi connectivity index (χ1v) is 6.12. The molecule has 0 aliphatic carbocycles. The number of ether oxygens (including phenoxy) is 1. The van der Waals surface area contributed by atoms with E-state index in [1.165, 1.54) is 6.07 Å². The predicted molar refractivity (Wildman–Crippen MR) is 66.6 cm³/mol. The highest BCUT2D eigenvalue weighted by atomic mass is 35.5. The zero-order valence-corrected chi connectivity index (χ0v) is 10.8. The van der Waals surface area contributed by atoms with E-state index in [1.54, 1.807) is 12.1 Å². The lowest BCUT2D eigenvalue weighted by Crippen LogP contribution is -2.41. The van der Waals surface area contributed by atoms with Gasteiger partial charge in [-0.25, -0.2) is 0 Å². The van der Waals surface area contributed by atoms with Crippen molar-refractivity contribution in [1.82, 2.24) is 0 Å². The Bertz CT molecular complexity index is 468. The Balaban J connectivity index is 2.35. The molecule has 1 aliphatic rings. The third-order valence-electron chi connectivity index (χ3n) is 3.01. The molecule has 18 heavy (non-hydrogen) atoms. The molecule has 0 saturated carbocycles. The number of halogens is 2. The van der Waals surface area contributed by atoms with Gasteiger partial charge in [0.05, 0.1) is 5.92 Å². The fraction of sp³-hybridized carbons (Fsp3) is 0.455. The van der Waals surface area contributed by atoms with Crippen LogP contribution in [-0.2, 0) is 4.74 Å². The number of hydrogen-bond donors (Lipinski definition) is 1. The fourth-order valence-electron chi connectivity index (χ4n) is 2.11. The molecule has 1 fully saturated rings. The molecule has 0 amide bonds. The SMILES string of the molecule is O=[N+]([O-])[C@@H]1CO[C@H](O)C[C@H]1c1ccc(Cl)cc1Cl. The molecule has 2 rings (SSSR count). The van der Waals surface area contributed by atoms with Gasteiger partial charge in [0, 0.05) is 21.4 Å². The molecule has 3 atom stereocenters. The summed E-state index contributed by atoms with van der Waals surface area (Å²) in [5, 5.41) is 21.3. The largest absolute Gasteiger partial charge is 0.368 e. The van der Waals surface area contributed by atoms with Gasteiger partial charge in [0.2, 0.25) is 6.04 Å². The summed E-state index contributed by atoms with van der Waals surface area (Å²) in [5.41, 5.74) is 0.616. The van der Waals surface area contributed by atoms with E-state index in [0.29, 0.717) is 15.6 Å². The quantitative estimate of drug-likeness (QED) is 0.671. The van der Waals surface area contributed by atoms with Crippen molar-refractivity contribution < 1.29 is 14.8 Å². The van der Waals surface area contributed by atoms with Crippen LogP contribution in [0.1, 0.15) is 17.9 Å². The standard InChI is InChI=1S/C11H11Cl2NO4/c12-6-1-2-7(9(13)3-6)8-4-11(15)18-5-10(8)14(16)17/h1-3,8,10-11,15H,4-5H2/t8-,10+,11-/m0/s1. The van der Waals surface area contributed by atoms with Crippen molar-refractivity contribution in [3.8, 4) is 0 Å². The second kappa shape index (κ2) is 5.40. The molecule has 0 unspecified atom stereocenters. The summed E-state index contributed by atoms with van der Waals surface area (Å²) < 4.78 is 4.91. The van der Waals surface area contributed by atoms with Crippen LogP contribution in [0.3, 0.4) is 0 Å². The lowest BCUT2D eigenvalue weighted by Gasteiger charge is -2.29. The maximum Gasteiger partial charge on any atom is 0.243 e. The fourth-order valence-corrected chi connectivity index (χ4v) is 2.66. The van der Waals surface area contributed by atoms with Crippen LogP contribution in [0.15, 0.2) is 18.2 Å². The van der Waals surface area contributed by atoms with Gasteiger partial charge in [-0.2, -0.15) is 0 Å². The van der Waals surface area contributed by atoms with Crippen molar-refractivity contribution >= 4 is 23.2 Å². The average molecular weight is 292 g/mol. The van der Waals surface area contributed by atoms with Crippen molar-refractivity contribution in [1.29, 1.82) is 0 Å². The van der Waals surface area contributed by atoms with Gasteiger partial charge in [-0.3, -0.25) is 10.1 Å². The number of hydrogen-bond acceptors (Lipinski definition) is 4. The van der Waals surface area contributed by atoms with Gasteiger partial charge < -0.3 is 9.84 Å². The smallest absolute Gasteiger partial charge is 0.243 e. The minimum atomic E-state index is -1.00. The van der Waals surface area contributed by atoms with Crippen molar-refractivity contribution in [2.75, 3.05) is 6.61 Å². The number of nitrogens with zero attached hydrogens (tertiary/aromatic N) is 1. The van der Waals surface area contributed by atoms with E-state index in [9.17, 15) is 15.2 Å². The van der Waals surface area contributed by atoms with Crippen LogP contribution in [0.25, 0.3) is 0 Å². The Labute approximate surface area is 113 Å². The molecular formula is C11H11Cl2NO4. The molecule has 0 aromatic heterocycles. The maximum absolute atomic E-state index is 11.0. The highest BCUT2D eigenvalue weighted by molar-refractivity contribution is 6.35. The average Bonchev–Trinajstić information content (AvgIpc) is 2.28. The molecule has 0 bridgehead atoms. The summed E-state index contributed by atoms with van der Waals surface area (Å²) >= 11 is 11.8. The molecular weight excluding hydrogens is 281 g/mol. The molecule has 1 heterocycles. The third kappa shape index (κ3) is 2.75. The van der Waals surface area contributed by atoms with Crippen LogP contribution >= 0.6 is 23.2 Å². The van der Waals surface area contributed by atoms with Crippen LogP contribution in [0.2, 0.25) is 10.0 Å². The minimum absolute atomic E-state index is 0.127. The van der Waals surface area contributed by atoms with E-state index in [0.717, 1.165) is 0 Å². The molecule has 0 radical (unpaired) electrons. The molecule has 98 valence electrons. The van der Waals surface area contributed by atoms with Crippen molar-refractivity contribution in [2.24, 2.45) is 0 Å². The molecule has 1 aliphatic heterocycles. The monoisotopic (exact) mass is 291 g/mol. The first kappa shape index (κ1) is 13.5. The van der Waals surface area contributed by atoms with Gasteiger partial charge in [-0.05, 0) is 17.7 Å². The van der Waals surface area contributed by atoms with E-state index in [-0.39, 0.29) is 13.0 Å². The van der Waals surface area contributed by atoms with Crippen molar-refractivity contribution in [3.05, 3.63) is 43.9 Å². The van der Waals surface area contributed by atoms with Crippen LogP contribution in [-0.4, -0.2) is 29.0 Å². The minimum Gasteiger partial charge on any atom is -0.368 e. The van der Waals surface area contributed by atoms with E-state index in [4.69, 9.17) is 27.9 Å². The van der Waals surface area contributed by atoms with Gasteiger partial charge in [-0.15, -0.1) is 0 Å². The molecule has 1 aromatic carbocycles. The van der Waals surface area contributed by atoms with Gasteiger partial charge in [-0.1, -0.05) is 29.3 Å². The van der Waals surface area contributed by atoms with Crippen molar-refractivity contribution in [2.45, 2.75) is 24.7 Å². The normalized spacial score (nSPS) is 28.1. The zero-order chi connectivity index (χ0) is 13.3. The highest BCUT2D eigenvalue weighted by Crippen LogP contribution is 2.36. The van der Waals surface area contributed by atoms with Crippen molar-refractivity contribution in [3.63, 3.8) is 0 Å². The molecule has 5 nitrogen and oxygen atoms in total. The number of nitro groups is 1. The summed E-state index contributed by atoms with van der Waals surface area (Å²) in [5.74, 6) is -0.478. The van der Waals surface area contributed by atoms with Gasteiger partial charge in [0.15, 0.2) is 6.29 Å². The Morgan fingerprint density at radius 1 is 1.44 bits per heavy atom. The van der Waals surface area contributed by atoms with E-state index < -0.39 is 23.2 Å². The second-order valence-corrected chi connectivity index (χ2v) is 4.99. The van der Waals surface area contributed by atoms with Crippen LogP contribution in [0.5, 0.6) is 0 Å². The Morgan fingerprint density at radius 2 is 2.17 bits per heavy atom. The first-order valence-electron chi connectivity index (χ1n) is 5.37. The summed E-state index contributed by atoms with van der Waals surface area (Å²) in [6.45, 7) is -0.127. The van der Waals surface area contributed by atoms with Crippen LogP contribution in [0.4, 0.5) is 0 Å². The van der Waals surface area contributed by atoms with Crippen LogP contribution < -0.4 is 0 Å². The Hall–Kier alpha value is -0.880. The molecule has 1 N–H and O–H groups in total. The molecule has 7 heteroatoms. The first-order chi connectivity index (χ1) is 8.49. The van der Waals surface area contributed by atoms with Crippen LogP contribution in [0, 0.1) is 10.1 Å². The predicted octanol–water partition coefficient (Wildman–Crippen LogP) is 2.46. The van der Waals surface area contributed by atoms with E-state index >= 15 is 0 Å². The molecule has 1 saturated heterocycles. The zero-order valence-electron chi connectivity index (χ0n) is 9.25. The second-order valence-electron chi connectivity index (χ2n) is 4.15. The molecule has 1 aromatic rings. The Kier molecular flexibility index (Phi) is 4.07. The van der Waals surface area contributed by atoms with Gasteiger partial charge in [0.25, 0.3) is 0 Å². The third-order valence-corrected chi connectivity index (χ3v) is 3.57. The van der Waals surface area contributed by atoms with Gasteiger partial charge >= 0.3 is 0 Å². The van der Waals surface area contributed by atoms with E-state index in [2.05, 4.69) is 0 Å². The number of aliphatic hydroxyl groups excluding tert-OH is 1. The molecule has 0 spiro atoms. The number of rotatable bonds is 2. The summed E-state index contributed by atoms with van der Waals surface area (Å²) in [7, 11) is 0. The summed E-state index contributed by atoms with van der Waals surface area (Å²) in [4.78, 5) is 10.6. The number of aliphatic hydroxyl groups is 1. The number of benzene rings is 1. The summed E-state index contributed by atoms with van der Waals surface area (Å²) in [6, 6.07) is 3.91. The van der Waals surface area contributed by atoms with E-state index in [1.807, 2.05) is 0 Å². The summed E-state index contributed by atoms with van der Waals surface area (Å²) in [6.07, 6.45) is -0.856.